The zero-order valence-electron chi connectivity index (χ0n) is 7.78. The summed E-state index contributed by atoms with van der Waals surface area (Å²) in [5, 5.41) is -0.447. The summed E-state index contributed by atoms with van der Waals surface area (Å²) in [4.78, 5) is 14.3. The van der Waals surface area contributed by atoms with Crippen LogP contribution in [0.4, 0.5) is 4.79 Å². The van der Waals surface area contributed by atoms with Gasteiger partial charge in [-0.3, -0.25) is 0 Å². The maximum atomic E-state index is 11.0. The summed E-state index contributed by atoms with van der Waals surface area (Å²) in [6, 6.07) is 0. The normalized spacial score (nSPS) is 14.1. The minimum Gasteiger partial charge on any atom is -0.442 e. The highest BCUT2D eigenvalue weighted by Gasteiger charge is 2.28. The van der Waals surface area contributed by atoms with Gasteiger partial charge in [-0.1, -0.05) is 46.4 Å². The van der Waals surface area contributed by atoms with Crippen LogP contribution in [0.25, 0.3) is 0 Å². The van der Waals surface area contributed by atoms with E-state index in [-0.39, 0.29) is 0 Å². The van der Waals surface area contributed by atoms with Crippen LogP contribution < -0.4 is 0 Å². The van der Waals surface area contributed by atoms with E-state index in [2.05, 4.69) is 4.99 Å². The van der Waals surface area contributed by atoms with Crippen LogP contribution in [0, 0.1) is 0 Å². The average molecular weight is 281 g/mol. The molecule has 0 radical (unpaired) electrons. The molecule has 0 aliphatic rings. The van der Waals surface area contributed by atoms with E-state index >= 15 is 0 Å². The van der Waals surface area contributed by atoms with Crippen LogP contribution in [0.15, 0.2) is 4.99 Å². The van der Waals surface area contributed by atoms with E-state index in [0.717, 1.165) is 0 Å². The lowest BCUT2D eigenvalue weighted by atomic mass is 10.2. The monoisotopic (exact) mass is 279 g/mol. The molecule has 0 bridgehead atoms. The number of hydrogen-bond donors (Lipinski definition) is 0. The quantitative estimate of drug-likeness (QED) is 0.498. The molecule has 3 nitrogen and oxygen atoms in total. The van der Waals surface area contributed by atoms with Gasteiger partial charge in [-0.15, -0.1) is 0 Å². The van der Waals surface area contributed by atoms with Crippen LogP contribution in [-0.4, -0.2) is 20.7 Å². The summed E-state index contributed by atoms with van der Waals surface area (Å²) < 4.78 is 2.91. The Hall–Kier alpha value is 0.300. The minimum absolute atomic E-state index is 0.447. The summed E-state index contributed by atoms with van der Waals surface area (Å²) in [6.45, 7) is 5.05. The van der Waals surface area contributed by atoms with Gasteiger partial charge in [-0.2, -0.15) is 4.99 Å². The molecule has 0 aromatic carbocycles. The van der Waals surface area contributed by atoms with Gasteiger partial charge in [0, 0.05) is 0 Å². The van der Waals surface area contributed by atoms with Crippen LogP contribution in [0.2, 0.25) is 0 Å². The maximum absolute atomic E-state index is 11.0. The van der Waals surface area contributed by atoms with Crippen molar-refractivity contribution in [2.75, 3.05) is 0 Å². The van der Waals surface area contributed by atoms with Crippen molar-refractivity contribution < 1.29 is 9.53 Å². The summed E-state index contributed by atoms with van der Waals surface area (Å²) in [5.41, 5.74) is -0.661. The topological polar surface area (TPSA) is 38.7 Å². The molecule has 7 heteroatoms. The molecule has 0 aliphatic carbocycles. The van der Waals surface area contributed by atoms with Gasteiger partial charge >= 0.3 is 6.09 Å². The van der Waals surface area contributed by atoms with Gasteiger partial charge in [-0.05, 0) is 20.8 Å². The number of halogens is 4. The molecule has 0 saturated carbocycles. The first-order valence-electron chi connectivity index (χ1n) is 3.57. The van der Waals surface area contributed by atoms with Crippen molar-refractivity contribution in [2.45, 2.75) is 30.2 Å². The number of nitrogens with zero attached hydrogens (tertiary/aromatic N) is 1. The van der Waals surface area contributed by atoms with Crippen molar-refractivity contribution in [3.63, 3.8) is 0 Å². The van der Waals surface area contributed by atoms with Crippen LogP contribution >= 0.6 is 46.4 Å². The van der Waals surface area contributed by atoms with Crippen LogP contribution in [-0.2, 0) is 4.74 Å². The Bertz CT molecular complexity index is 251. The molecule has 0 aromatic rings. The fourth-order valence-electron chi connectivity index (χ4n) is 0.428. The molecule has 0 heterocycles. The van der Waals surface area contributed by atoms with E-state index in [1.165, 1.54) is 0 Å². The Kier molecular flexibility index (Phi) is 4.99. The zero-order valence-corrected chi connectivity index (χ0v) is 10.8. The molecule has 0 rings (SSSR count). The van der Waals surface area contributed by atoms with Gasteiger partial charge in [0.05, 0.1) is 0 Å². The standard InChI is InChI=1S/C7H9Cl4NO2/c1-6(2,3)14-5(13)12-4(8)7(9,10)11/h1-3H3/b12-4-. The van der Waals surface area contributed by atoms with Gasteiger partial charge < -0.3 is 4.74 Å². The Morgan fingerprint density at radius 1 is 1.21 bits per heavy atom. The number of rotatable bonds is 0. The van der Waals surface area contributed by atoms with Crippen LogP contribution in [0.1, 0.15) is 20.8 Å². The molecule has 14 heavy (non-hydrogen) atoms. The van der Waals surface area contributed by atoms with E-state index in [1.807, 2.05) is 0 Å². The number of carbonyl (C=O) groups excluding carboxylic acids is 1. The lowest BCUT2D eigenvalue weighted by Crippen LogP contribution is -2.23. The zero-order chi connectivity index (χ0) is 11.6. The first-order chi connectivity index (χ1) is 6.02. The van der Waals surface area contributed by atoms with Gasteiger partial charge in [0.15, 0.2) is 5.17 Å². The van der Waals surface area contributed by atoms with Crippen molar-refractivity contribution in [3.8, 4) is 0 Å². The van der Waals surface area contributed by atoms with Crippen molar-refractivity contribution in [1.82, 2.24) is 0 Å². The van der Waals surface area contributed by atoms with E-state index < -0.39 is 20.7 Å². The molecule has 1 amide bonds. The third-order valence-electron chi connectivity index (χ3n) is 0.817. The molecule has 0 aliphatic heterocycles. The molecular weight excluding hydrogens is 272 g/mol. The van der Waals surface area contributed by atoms with Gasteiger partial charge in [0.25, 0.3) is 0 Å². The summed E-state index contributed by atoms with van der Waals surface area (Å²) >= 11 is 21.5. The largest absolute Gasteiger partial charge is 0.442 e. The highest BCUT2D eigenvalue weighted by molar-refractivity contribution is 6.89. The van der Waals surface area contributed by atoms with E-state index in [4.69, 9.17) is 51.1 Å². The average Bonchev–Trinajstić information content (AvgIpc) is 1.79. The molecule has 0 aromatic heterocycles. The predicted molar refractivity (Wildman–Crippen MR) is 59.8 cm³/mol. The number of amides is 1. The molecule has 0 N–H and O–H groups in total. The fraction of sp³-hybridized carbons (Fsp3) is 0.714. The minimum atomic E-state index is -1.90. The van der Waals surface area contributed by atoms with Crippen molar-refractivity contribution in [2.24, 2.45) is 4.99 Å². The van der Waals surface area contributed by atoms with Crippen molar-refractivity contribution in [1.29, 1.82) is 0 Å². The van der Waals surface area contributed by atoms with Gasteiger partial charge in [0.2, 0.25) is 3.79 Å². The Balaban J connectivity index is 4.46. The van der Waals surface area contributed by atoms with Gasteiger partial charge in [0.1, 0.15) is 5.60 Å². The summed E-state index contributed by atoms with van der Waals surface area (Å²) in [7, 11) is 0. The lowest BCUT2D eigenvalue weighted by Gasteiger charge is -2.17. The molecule has 0 fully saturated rings. The number of hydrogen-bond acceptors (Lipinski definition) is 2. The molecule has 0 atom stereocenters. The van der Waals surface area contributed by atoms with Crippen molar-refractivity contribution >= 4 is 57.7 Å². The Labute approximate surface area is 102 Å². The Morgan fingerprint density at radius 2 is 1.64 bits per heavy atom. The third kappa shape index (κ3) is 6.71. The first-order valence-corrected chi connectivity index (χ1v) is 5.08. The Morgan fingerprint density at radius 3 is 1.93 bits per heavy atom. The molecule has 0 spiro atoms. The molecular formula is C7H9Cl4NO2. The number of aliphatic imine (C=N–C) groups is 1. The smallest absolute Gasteiger partial charge is 0.435 e. The predicted octanol–water partition coefficient (Wildman–Crippen LogP) is 3.93. The molecule has 0 unspecified atom stereocenters. The van der Waals surface area contributed by atoms with Gasteiger partial charge in [-0.25, -0.2) is 4.79 Å². The second kappa shape index (κ2) is 4.88. The van der Waals surface area contributed by atoms with Crippen LogP contribution in [0.5, 0.6) is 0 Å². The maximum Gasteiger partial charge on any atom is 0.435 e. The fourth-order valence-corrected chi connectivity index (χ4v) is 0.624. The van der Waals surface area contributed by atoms with E-state index in [9.17, 15) is 4.79 Å². The molecule has 0 saturated heterocycles. The van der Waals surface area contributed by atoms with E-state index in [0.29, 0.717) is 0 Å². The van der Waals surface area contributed by atoms with Crippen molar-refractivity contribution in [3.05, 3.63) is 0 Å². The summed E-state index contributed by atoms with van der Waals surface area (Å²) in [5.74, 6) is 0. The van der Waals surface area contributed by atoms with E-state index in [1.54, 1.807) is 20.8 Å². The SMILES string of the molecule is CC(C)(C)OC(=O)/N=C(\Cl)C(Cl)(Cl)Cl. The first kappa shape index (κ1) is 14.3. The van der Waals surface area contributed by atoms with Crippen LogP contribution in [0.3, 0.4) is 0 Å². The number of ether oxygens (including phenoxy) is 1. The highest BCUT2D eigenvalue weighted by Crippen LogP contribution is 2.30. The second-order valence-corrected chi connectivity index (χ2v) is 6.02. The lowest BCUT2D eigenvalue weighted by molar-refractivity contribution is 0.0604. The highest BCUT2D eigenvalue weighted by atomic mass is 35.6. The third-order valence-corrected chi connectivity index (χ3v) is 2.01. The molecule has 82 valence electrons. The second-order valence-electron chi connectivity index (χ2n) is 3.38. The summed E-state index contributed by atoms with van der Waals surface area (Å²) in [6.07, 6.45) is -0.895. The number of carbonyl (C=O) groups is 1. The number of alkyl halides is 3.